The van der Waals surface area contributed by atoms with Crippen molar-refractivity contribution in [1.29, 1.82) is 0 Å². The number of hydrogen-bond donors (Lipinski definition) is 2. The summed E-state index contributed by atoms with van der Waals surface area (Å²) in [5, 5.41) is 12.1. The monoisotopic (exact) mass is 380 g/mol. The molecule has 1 atom stereocenters. The Labute approximate surface area is 158 Å². The molecular formula is C18H27FN5OS+. The Morgan fingerprint density at radius 1 is 1.23 bits per heavy atom. The summed E-state index contributed by atoms with van der Waals surface area (Å²) >= 11 is 1.33. The first kappa shape index (κ1) is 20.4. The van der Waals surface area contributed by atoms with Crippen LogP contribution in [0.25, 0.3) is 5.69 Å². The summed E-state index contributed by atoms with van der Waals surface area (Å²) in [5.74, 6) is 1.11. The number of thioether (sulfide) groups is 1. The van der Waals surface area contributed by atoms with E-state index in [0.717, 1.165) is 11.5 Å². The van der Waals surface area contributed by atoms with Gasteiger partial charge in [-0.15, -0.1) is 10.2 Å². The Bertz CT molecular complexity index is 730. The van der Waals surface area contributed by atoms with E-state index in [0.29, 0.717) is 17.6 Å². The number of carbonyl (C=O) groups is 1. The first-order valence-electron chi connectivity index (χ1n) is 8.70. The molecule has 0 aliphatic carbocycles. The second-order valence-electron chi connectivity index (χ2n) is 6.94. The average Bonchev–Trinajstić information content (AvgIpc) is 3.01. The molecule has 0 aliphatic heterocycles. The fraction of sp³-hybridized carbons (Fsp3) is 0.500. The zero-order chi connectivity index (χ0) is 19.3. The molecule has 0 bridgehead atoms. The van der Waals surface area contributed by atoms with Gasteiger partial charge in [-0.3, -0.25) is 9.36 Å². The van der Waals surface area contributed by atoms with Gasteiger partial charge in [0.25, 0.3) is 0 Å². The average molecular weight is 381 g/mol. The molecule has 2 aromatic rings. The highest BCUT2D eigenvalue weighted by atomic mass is 32.2. The van der Waals surface area contributed by atoms with Gasteiger partial charge in [-0.05, 0) is 37.1 Å². The number of carbonyl (C=O) groups excluding carboxylic acids is 1. The van der Waals surface area contributed by atoms with Gasteiger partial charge in [0.1, 0.15) is 11.9 Å². The first-order chi connectivity index (χ1) is 12.3. The second kappa shape index (κ2) is 9.14. The number of halogens is 1. The van der Waals surface area contributed by atoms with Crippen LogP contribution in [0.2, 0.25) is 0 Å². The summed E-state index contributed by atoms with van der Waals surface area (Å²) in [4.78, 5) is 13.2. The van der Waals surface area contributed by atoms with Crippen molar-refractivity contribution in [2.24, 2.45) is 5.92 Å². The lowest BCUT2D eigenvalue weighted by Gasteiger charge is -2.18. The van der Waals surface area contributed by atoms with E-state index in [2.05, 4.69) is 36.3 Å². The van der Waals surface area contributed by atoms with E-state index < -0.39 is 0 Å². The van der Waals surface area contributed by atoms with E-state index in [1.54, 1.807) is 12.1 Å². The van der Waals surface area contributed by atoms with Crippen molar-refractivity contribution in [3.63, 3.8) is 0 Å². The molecule has 1 aromatic heterocycles. The summed E-state index contributed by atoms with van der Waals surface area (Å²) in [5.41, 5.74) is 0.782. The molecule has 1 aromatic carbocycles. The maximum Gasteiger partial charge on any atom is 0.230 e. The predicted molar refractivity (Wildman–Crippen MR) is 101 cm³/mol. The first-order valence-corrected chi connectivity index (χ1v) is 9.69. The van der Waals surface area contributed by atoms with Crippen molar-refractivity contribution in [2.45, 2.75) is 32.0 Å². The minimum Gasteiger partial charge on any atom is -0.355 e. The quantitative estimate of drug-likeness (QED) is 0.681. The van der Waals surface area contributed by atoms with Gasteiger partial charge in [-0.1, -0.05) is 25.6 Å². The van der Waals surface area contributed by atoms with Crippen LogP contribution in [0.15, 0.2) is 29.4 Å². The molecule has 8 heteroatoms. The fourth-order valence-corrected chi connectivity index (χ4v) is 3.03. The molecule has 0 saturated carbocycles. The van der Waals surface area contributed by atoms with E-state index >= 15 is 0 Å². The van der Waals surface area contributed by atoms with E-state index in [4.69, 9.17) is 0 Å². The standard InChI is InChI=1S/C18H26FN5OS/c1-12(2)10-20-16(25)11-26-18-22-21-17(13(3)23(4)5)24(18)15-8-6-14(19)7-9-15/h6-9,12-13H,10-11H2,1-5H3,(H,20,25)/p+1/t13-/m1/s1. The minimum atomic E-state index is -0.295. The van der Waals surface area contributed by atoms with Crippen molar-refractivity contribution in [1.82, 2.24) is 20.1 Å². The number of amides is 1. The van der Waals surface area contributed by atoms with Crippen LogP contribution in [0.4, 0.5) is 4.39 Å². The third-order valence-corrected chi connectivity index (χ3v) is 4.97. The maximum absolute atomic E-state index is 13.3. The van der Waals surface area contributed by atoms with Gasteiger partial charge in [-0.2, -0.15) is 0 Å². The molecule has 0 unspecified atom stereocenters. The van der Waals surface area contributed by atoms with Gasteiger partial charge in [-0.25, -0.2) is 4.39 Å². The summed E-state index contributed by atoms with van der Waals surface area (Å²) in [6.45, 7) is 6.81. The normalized spacial score (nSPS) is 12.6. The van der Waals surface area contributed by atoms with Crippen LogP contribution in [0.5, 0.6) is 0 Å². The molecule has 2 rings (SSSR count). The van der Waals surface area contributed by atoms with Gasteiger partial charge in [0.15, 0.2) is 11.0 Å². The molecule has 0 saturated heterocycles. The summed E-state index contributed by atoms with van der Waals surface area (Å²) < 4.78 is 15.2. The van der Waals surface area contributed by atoms with Gasteiger partial charge in [0.2, 0.25) is 5.91 Å². The van der Waals surface area contributed by atoms with Crippen LogP contribution in [0, 0.1) is 11.7 Å². The zero-order valence-electron chi connectivity index (χ0n) is 15.9. The number of quaternary nitrogens is 1. The molecule has 2 N–H and O–H groups in total. The van der Waals surface area contributed by atoms with Crippen LogP contribution in [-0.4, -0.2) is 47.1 Å². The van der Waals surface area contributed by atoms with Gasteiger partial charge < -0.3 is 10.2 Å². The zero-order valence-corrected chi connectivity index (χ0v) is 16.7. The number of rotatable bonds is 8. The fourth-order valence-electron chi connectivity index (χ4n) is 2.25. The summed E-state index contributed by atoms with van der Waals surface area (Å²) in [6, 6.07) is 6.31. The number of hydrogen-bond acceptors (Lipinski definition) is 4. The van der Waals surface area contributed by atoms with Crippen molar-refractivity contribution in [2.75, 3.05) is 26.4 Å². The molecule has 0 aliphatic rings. The van der Waals surface area contributed by atoms with E-state index in [1.807, 2.05) is 18.7 Å². The Morgan fingerprint density at radius 2 is 1.88 bits per heavy atom. The minimum absolute atomic E-state index is 0.0369. The van der Waals surface area contributed by atoms with Gasteiger partial charge in [0, 0.05) is 12.2 Å². The molecule has 6 nitrogen and oxygen atoms in total. The lowest BCUT2D eigenvalue weighted by atomic mass is 10.2. The summed E-state index contributed by atoms with van der Waals surface area (Å²) in [7, 11) is 4.08. The number of nitrogens with zero attached hydrogens (tertiary/aromatic N) is 3. The van der Waals surface area contributed by atoms with Crippen molar-refractivity contribution < 1.29 is 14.1 Å². The third kappa shape index (κ3) is 5.28. The number of benzene rings is 1. The highest BCUT2D eigenvalue weighted by Crippen LogP contribution is 2.24. The van der Waals surface area contributed by atoms with Gasteiger partial charge >= 0.3 is 0 Å². The third-order valence-electron chi connectivity index (χ3n) is 4.04. The molecule has 0 radical (unpaired) electrons. The Morgan fingerprint density at radius 3 is 2.46 bits per heavy atom. The van der Waals surface area contributed by atoms with Crippen molar-refractivity contribution in [3.8, 4) is 5.69 Å². The number of nitrogens with one attached hydrogen (secondary N) is 2. The predicted octanol–water partition coefficient (Wildman–Crippen LogP) is 1.48. The topological polar surface area (TPSA) is 64.2 Å². The Hall–Kier alpha value is -1.93. The Kier molecular flexibility index (Phi) is 7.16. The molecule has 26 heavy (non-hydrogen) atoms. The van der Waals surface area contributed by atoms with E-state index in [-0.39, 0.29) is 23.5 Å². The van der Waals surface area contributed by atoms with Crippen LogP contribution in [-0.2, 0) is 4.79 Å². The van der Waals surface area contributed by atoms with E-state index in [9.17, 15) is 9.18 Å². The lowest BCUT2D eigenvalue weighted by Crippen LogP contribution is -3.05. The van der Waals surface area contributed by atoms with Crippen LogP contribution in [0.1, 0.15) is 32.6 Å². The highest BCUT2D eigenvalue weighted by Gasteiger charge is 2.23. The van der Waals surface area contributed by atoms with Crippen molar-refractivity contribution >= 4 is 17.7 Å². The SMILES string of the molecule is CC(C)CNC(=O)CSc1nnc([C@@H](C)[NH+](C)C)n1-c1ccc(F)cc1. The maximum atomic E-state index is 13.3. The largest absolute Gasteiger partial charge is 0.355 e. The lowest BCUT2D eigenvalue weighted by molar-refractivity contribution is -0.890. The van der Waals surface area contributed by atoms with Crippen LogP contribution in [0.3, 0.4) is 0 Å². The molecular weight excluding hydrogens is 353 g/mol. The molecule has 1 heterocycles. The molecule has 0 spiro atoms. The van der Waals surface area contributed by atoms with Crippen LogP contribution < -0.4 is 10.2 Å². The molecule has 142 valence electrons. The molecule has 1 amide bonds. The van der Waals surface area contributed by atoms with Crippen LogP contribution >= 0.6 is 11.8 Å². The second-order valence-corrected chi connectivity index (χ2v) is 7.88. The number of aromatic nitrogens is 3. The van der Waals surface area contributed by atoms with Gasteiger partial charge in [0.05, 0.1) is 19.8 Å². The highest BCUT2D eigenvalue weighted by molar-refractivity contribution is 7.99. The summed E-state index contributed by atoms with van der Waals surface area (Å²) in [6.07, 6.45) is 0. The smallest absolute Gasteiger partial charge is 0.230 e. The molecule has 0 fully saturated rings. The van der Waals surface area contributed by atoms with E-state index in [1.165, 1.54) is 28.8 Å². The Balaban J connectivity index is 2.25. The van der Waals surface area contributed by atoms with Crippen molar-refractivity contribution in [3.05, 3.63) is 35.9 Å².